The number of hydrogen-bond donors (Lipinski definition) is 2. The molecule has 1 radical (unpaired) electrons. The standard InChI is InChI=1S/C5H15N2OSi/c1-4-6-9(3,8)7-5-2/h6-7H,4-5H2,1-3H3. The second kappa shape index (κ2) is 4.00. The smallest absolute Gasteiger partial charge is 0.302 e. The molecule has 0 saturated heterocycles. The van der Waals surface area contributed by atoms with Crippen LogP contribution in [0.15, 0.2) is 0 Å². The van der Waals surface area contributed by atoms with Crippen molar-refractivity contribution < 1.29 is 4.80 Å². The Morgan fingerprint density at radius 3 is 1.78 bits per heavy atom. The molecule has 0 aliphatic heterocycles. The summed E-state index contributed by atoms with van der Waals surface area (Å²) in [5.74, 6) is 0. The van der Waals surface area contributed by atoms with Gasteiger partial charge in [0.05, 0.1) is 0 Å². The molecule has 0 heterocycles. The molecule has 0 amide bonds. The van der Waals surface area contributed by atoms with Crippen LogP contribution in [0, 0.1) is 0 Å². The van der Waals surface area contributed by atoms with Crippen molar-refractivity contribution in [3.05, 3.63) is 0 Å². The zero-order valence-electron chi connectivity index (χ0n) is 6.32. The Hall–Kier alpha value is 0.0969. The minimum Gasteiger partial charge on any atom is -0.302 e. The van der Waals surface area contributed by atoms with E-state index in [0.717, 1.165) is 13.1 Å². The van der Waals surface area contributed by atoms with Crippen molar-refractivity contribution in [2.24, 2.45) is 0 Å². The van der Waals surface area contributed by atoms with Gasteiger partial charge in [-0.25, -0.2) is 0 Å². The van der Waals surface area contributed by atoms with E-state index in [1.807, 2.05) is 13.8 Å². The van der Waals surface area contributed by atoms with E-state index in [0.29, 0.717) is 0 Å². The first-order valence-corrected chi connectivity index (χ1v) is 5.73. The Kier molecular flexibility index (Phi) is 4.04. The summed E-state index contributed by atoms with van der Waals surface area (Å²) in [5.41, 5.74) is 0. The number of hydrogen-bond acceptors (Lipinski definition) is 2. The molecule has 0 spiro atoms. The summed E-state index contributed by atoms with van der Waals surface area (Å²) in [6, 6.07) is 0. The van der Waals surface area contributed by atoms with Crippen molar-refractivity contribution in [2.45, 2.75) is 20.4 Å². The second-order valence-electron chi connectivity index (χ2n) is 2.09. The Labute approximate surface area is 57.8 Å². The zero-order chi connectivity index (χ0) is 7.33. The first kappa shape index (κ1) is 9.10. The Morgan fingerprint density at radius 1 is 1.22 bits per heavy atom. The second-order valence-corrected chi connectivity index (χ2v) is 4.87. The predicted molar refractivity (Wildman–Crippen MR) is 39.7 cm³/mol. The number of rotatable bonds is 4. The van der Waals surface area contributed by atoms with Gasteiger partial charge in [0, 0.05) is 0 Å². The van der Waals surface area contributed by atoms with E-state index in [-0.39, 0.29) is 0 Å². The molecule has 3 nitrogen and oxygen atoms in total. The summed E-state index contributed by atoms with van der Waals surface area (Å²) < 4.78 is 0. The monoisotopic (exact) mass is 147 g/mol. The topological polar surface area (TPSA) is 44.0 Å². The van der Waals surface area contributed by atoms with Crippen LogP contribution >= 0.6 is 0 Å². The molecule has 0 saturated carbocycles. The van der Waals surface area contributed by atoms with Gasteiger partial charge < -0.3 is 9.96 Å². The maximum Gasteiger partial charge on any atom is 0.382 e. The molecular weight excluding hydrogens is 132 g/mol. The molecule has 0 fully saturated rings. The van der Waals surface area contributed by atoms with Gasteiger partial charge in [-0.1, -0.05) is 13.8 Å². The molecule has 0 aliphatic carbocycles. The lowest BCUT2D eigenvalue weighted by Crippen LogP contribution is -2.59. The SMILES string of the molecule is CCN[Si](C)([O])NCC. The fourth-order valence-electron chi connectivity index (χ4n) is 0.737. The van der Waals surface area contributed by atoms with Crippen LogP contribution in [0.3, 0.4) is 0 Å². The van der Waals surface area contributed by atoms with Gasteiger partial charge in [-0.05, 0) is 19.6 Å². The summed E-state index contributed by atoms with van der Waals surface area (Å²) in [4.78, 5) is 17.0. The molecule has 0 atom stereocenters. The van der Waals surface area contributed by atoms with Crippen molar-refractivity contribution in [2.75, 3.05) is 13.1 Å². The van der Waals surface area contributed by atoms with Crippen LogP contribution in [0.1, 0.15) is 13.8 Å². The molecule has 0 rings (SSSR count). The highest BCUT2D eigenvalue weighted by Gasteiger charge is 2.24. The summed E-state index contributed by atoms with van der Waals surface area (Å²) in [6.45, 7) is 7.14. The van der Waals surface area contributed by atoms with Crippen molar-refractivity contribution in [3.8, 4) is 0 Å². The van der Waals surface area contributed by atoms with Crippen LogP contribution in [0.25, 0.3) is 0 Å². The lowest BCUT2D eigenvalue weighted by Gasteiger charge is -2.17. The van der Waals surface area contributed by atoms with E-state index in [1.165, 1.54) is 0 Å². The Morgan fingerprint density at radius 2 is 1.56 bits per heavy atom. The van der Waals surface area contributed by atoms with Gasteiger partial charge in [-0.3, -0.25) is 4.80 Å². The third-order valence-electron chi connectivity index (χ3n) is 1.03. The van der Waals surface area contributed by atoms with Gasteiger partial charge in [-0.15, -0.1) is 0 Å². The van der Waals surface area contributed by atoms with Crippen LogP contribution in [0.5, 0.6) is 0 Å². The third kappa shape index (κ3) is 4.59. The molecule has 0 aliphatic rings. The van der Waals surface area contributed by atoms with Crippen LogP contribution < -0.4 is 9.96 Å². The van der Waals surface area contributed by atoms with Crippen molar-refractivity contribution in [1.82, 2.24) is 9.96 Å². The average Bonchev–Trinajstić information content (AvgIpc) is 1.64. The summed E-state index contributed by atoms with van der Waals surface area (Å²) in [7, 11) is -2.45. The first-order valence-electron chi connectivity index (χ1n) is 3.33. The highest BCUT2D eigenvalue weighted by atomic mass is 28.4. The normalized spacial score (nSPS) is 12.0. The highest BCUT2D eigenvalue weighted by molar-refractivity contribution is 6.65. The maximum absolute atomic E-state index is 11.2. The van der Waals surface area contributed by atoms with Crippen molar-refractivity contribution in [3.63, 3.8) is 0 Å². The lowest BCUT2D eigenvalue weighted by molar-refractivity contribution is 0.388. The maximum atomic E-state index is 11.2. The molecule has 0 aromatic heterocycles. The van der Waals surface area contributed by atoms with Crippen LogP contribution in [0.4, 0.5) is 0 Å². The molecule has 2 N–H and O–H groups in total. The van der Waals surface area contributed by atoms with Crippen molar-refractivity contribution >= 4 is 8.64 Å². The molecule has 0 aromatic carbocycles. The molecule has 55 valence electrons. The lowest BCUT2D eigenvalue weighted by atomic mass is 10.8. The van der Waals surface area contributed by atoms with E-state index in [2.05, 4.69) is 9.96 Å². The summed E-state index contributed by atoms with van der Waals surface area (Å²) >= 11 is 0. The fourth-order valence-corrected chi connectivity index (χ4v) is 2.21. The molecule has 4 heteroatoms. The van der Waals surface area contributed by atoms with E-state index in [1.54, 1.807) is 6.55 Å². The predicted octanol–water partition coefficient (Wildman–Crippen LogP) is 0.205. The van der Waals surface area contributed by atoms with Crippen LogP contribution in [0.2, 0.25) is 6.55 Å². The van der Waals surface area contributed by atoms with Crippen LogP contribution in [-0.2, 0) is 4.80 Å². The van der Waals surface area contributed by atoms with Gasteiger partial charge in [0.1, 0.15) is 0 Å². The molecule has 0 bridgehead atoms. The quantitative estimate of drug-likeness (QED) is 0.558. The highest BCUT2D eigenvalue weighted by Crippen LogP contribution is 1.84. The van der Waals surface area contributed by atoms with Crippen molar-refractivity contribution in [1.29, 1.82) is 0 Å². The molecule has 9 heavy (non-hydrogen) atoms. The fraction of sp³-hybridized carbons (Fsp3) is 1.00. The minimum absolute atomic E-state index is 0.763. The van der Waals surface area contributed by atoms with E-state index >= 15 is 0 Å². The summed E-state index contributed by atoms with van der Waals surface area (Å²) in [5, 5.41) is 0. The summed E-state index contributed by atoms with van der Waals surface area (Å²) in [6.07, 6.45) is 0. The first-order chi connectivity index (χ1) is 4.12. The Balaban J connectivity index is 3.43. The van der Waals surface area contributed by atoms with E-state index in [4.69, 9.17) is 0 Å². The average molecular weight is 147 g/mol. The minimum atomic E-state index is -2.45. The largest absolute Gasteiger partial charge is 0.382 e. The van der Waals surface area contributed by atoms with Gasteiger partial charge in [0.2, 0.25) is 0 Å². The van der Waals surface area contributed by atoms with E-state index in [9.17, 15) is 4.80 Å². The zero-order valence-corrected chi connectivity index (χ0v) is 7.32. The van der Waals surface area contributed by atoms with Gasteiger partial charge >= 0.3 is 8.64 Å². The van der Waals surface area contributed by atoms with E-state index < -0.39 is 8.64 Å². The van der Waals surface area contributed by atoms with Gasteiger partial charge in [0.25, 0.3) is 0 Å². The van der Waals surface area contributed by atoms with Gasteiger partial charge in [-0.2, -0.15) is 0 Å². The molecule has 0 unspecified atom stereocenters. The third-order valence-corrected chi connectivity index (χ3v) is 3.08. The number of nitrogens with one attached hydrogen (secondary N) is 2. The molecule has 0 aromatic rings. The van der Waals surface area contributed by atoms with Gasteiger partial charge in [0.15, 0.2) is 0 Å². The Bertz CT molecular complexity index is 69.4. The van der Waals surface area contributed by atoms with Crippen LogP contribution in [-0.4, -0.2) is 21.7 Å². The molecular formula is C5H15N2OSi.